The van der Waals surface area contributed by atoms with Gasteiger partial charge in [-0.05, 0) is 0 Å². The predicted molar refractivity (Wildman–Crippen MR) is 127 cm³/mol. The maximum atomic E-state index is 12.2. The van der Waals surface area contributed by atoms with Crippen LogP contribution in [0.15, 0.2) is 0 Å². The van der Waals surface area contributed by atoms with Gasteiger partial charge in [-0.1, -0.05) is 0 Å². The van der Waals surface area contributed by atoms with Gasteiger partial charge < -0.3 is 71.2 Å². The van der Waals surface area contributed by atoms with Crippen LogP contribution in [0.2, 0.25) is 0 Å². The molecule has 1 heterocycles. The van der Waals surface area contributed by atoms with E-state index in [0.717, 1.165) is 13.8 Å². The lowest BCUT2D eigenvalue weighted by atomic mass is 9.88. The standard InChI is InChI=1S/C22H36N2O17/c1-7(26)23-14(9(28)3-10(29)20(36)37)18(35)16(33)13(32)6-40-22(21(38)39)4-11(30)15(24-8(2)27)19(41-22)17(34)12(31)5-25/h9,11-19,25,28,30-35H,3-6H2,1-2H3,(H,23,26)(H,24,27)(H,36,37)(H,38,39)/t9-,11+,12-,13-,14-,15?,16-,17-,18-,19-,22-/m1/s1. The molecule has 19 heteroatoms. The Hall–Kier alpha value is -2.85. The molecule has 0 bridgehead atoms. The van der Waals surface area contributed by atoms with Gasteiger partial charge in [-0.15, -0.1) is 0 Å². The van der Waals surface area contributed by atoms with Crippen LogP contribution in [-0.4, -0.2) is 161 Å². The molecule has 12 N–H and O–H groups in total. The Balaban J connectivity index is 3.18. The summed E-state index contributed by atoms with van der Waals surface area (Å²) in [4.78, 5) is 57.5. The molecule has 41 heavy (non-hydrogen) atoms. The molecule has 0 aromatic carbocycles. The van der Waals surface area contributed by atoms with Crippen molar-refractivity contribution >= 4 is 29.5 Å². The Morgan fingerprint density at radius 2 is 1.51 bits per heavy atom. The van der Waals surface area contributed by atoms with Gasteiger partial charge in [0.1, 0.15) is 36.6 Å². The largest absolute Gasteiger partial charge is 0.477 e. The predicted octanol–water partition coefficient (Wildman–Crippen LogP) is -6.86. The van der Waals surface area contributed by atoms with Gasteiger partial charge >= 0.3 is 11.9 Å². The average Bonchev–Trinajstić information content (AvgIpc) is 2.89. The highest BCUT2D eigenvalue weighted by atomic mass is 16.7. The van der Waals surface area contributed by atoms with Crippen molar-refractivity contribution in [2.45, 2.75) is 93.4 Å². The van der Waals surface area contributed by atoms with E-state index in [2.05, 4.69) is 5.32 Å². The van der Waals surface area contributed by atoms with Crippen LogP contribution in [0.5, 0.6) is 0 Å². The van der Waals surface area contributed by atoms with E-state index >= 15 is 0 Å². The molecule has 11 atom stereocenters. The van der Waals surface area contributed by atoms with Crippen LogP contribution >= 0.6 is 0 Å². The summed E-state index contributed by atoms with van der Waals surface area (Å²) in [5.41, 5.74) is 0. The number of ether oxygens (including phenoxy) is 2. The van der Waals surface area contributed by atoms with E-state index in [1.54, 1.807) is 0 Å². The van der Waals surface area contributed by atoms with Crippen LogP contribution in [-0.2, 0) is 33.4 Å². The molecule has 1 rings (SSSR count). The average molecular weight is 601 g/mol. The maximum Gasteiger partial charge on any atom is 0.372 e. The second-order valence-electron chi connectivity index (χ2n) is 9.46. The number of aliphatic hydroxyl groups is 8. The second kappa shape index (κ2) is 15.4. The van der Waals surface area contributed by atoms with E-state index in [0.29, 0.717) is 0 Å². The number of Topliss-reactive ketones (excluding diaryl/α,β-unsaturated/α-hetero) is 1. The SMILES string of the molecule is CC(=O)NC1[C@H]([C@H](O)[C@H](O)CO)O[C@@](OC[C@@H](O)[C@@H](O)[C@H](O)[C@H](NC(C)=O)[C@H](O)CC(=O)C(=O)O)(C(=O)O)C[C@@H]1O. The molecule has 2 amide bonds. The number of amides is 2. The topological polar surface area (TPSA) is 330 Å². The van der Waals surface area contributed by atoms with Gasteiger partial charge in [0.05, 0.1) is 37.5 Å². The first-order chi connectivity index (χ1) is 18.9. The summed E-state index contributed by atoms with van der Waals surface area (Å²) >= 11 is 0. The van der Waals surface area contributed by atoms with Crippen LogP contribution in [0.1, 0.15) is 26.7 Å². The lowest BCUT2D eigenvalue weighted by molar-refractivity contribution is -0.317. The maximum absolute atomic E-state index is 12.2. The Bertz CT molecular complexity index is 949. The number of nitrogens with one attached hydrogen (secondary N) is 2. The van der Waals surface area contributed by atoms with Crippen molar-refractivity contribution in [3.63, 3.8) is 0 Å². The van der Waals surface area contributed by atoms with Crippen molar-refractivity contribution in [3.05, 3.63) is 0 Å². The molecule has 0 saturated carbocycles. The van der Waals surface area contributed by atoms with Crippen LogP contribution < -0.4 is 10.6 Å². The van der Waals surface area contributed by atoms with E-state index in [1.165, 1.54) is 0 Å². The van der Waals surface area contributed by atoms with Crippen molar-refractivity contribution < 1.29 is 84.5 Å². The van der Waals surface area contributed by atoms with Crippen molar-refractivity contribution in [3.8, 4) is 0 Å². The minimum Gasteiger partial charge on any atom is -0.477 e. The quantitative estimate of drug-likeness (QED) is 0.0732. The summed E-state index contributed by atoms with van der Waals surface area (Å²) in [5, 5.41) is 104. The fourth-order valence-electron chi connectivity index (χ4n) is 4.08. The zero-order valence-corrected chi connectivity index (χ0v) is 21.9. The molecule has 0 radical (unpaired) electrons. The van der Waals surface area contributed by atoms with Crippen LogP contribution in [0.25, 0.3) is 0 Å². The number of rotatable bonds is 16. The van der Waals surface area contributed by atoms with Crippen molar-refractivity contribution in [2.24, 2.45) is 0 Å². The lowest BCUT2D eigenvalue weighted by Crippen LogP contribution is -2.68. The molecule has 0 spiro atoms. The Kier molecular flexibility index (Phi) is 13.6. The van der Waals surface area contributed by atoms with E-state index in [4.69, 9.17) is 14.6 Å². The first kappa shape index (κ1) is 36.2. The Morgan fingerprint density at radius 3 is 1.98 bits per heavy atom. The van der Waals surface area contributed by atoms with E-state index in [1.807, 2.05) is 5.32 Å². The van der Waals surface area contributed by atoms with Gasteiger partial charge in [-0.2, -0.15) is 0 Å². The molecule has 1 aliphatic heterocycles. The molecule has 1 fully saturated rings. The van der Waals surface area contributed by atoms with E-state index < -0.39 is 122 Å². The smallest absolute Gasteiger partial charge is 0.372 e. The van der Waals surface area contributed by atoms with Gasteiger partial charge in [0.25, 0.3) is 5.79 Å². The number of carboxylic acids is 2. The second-order valence-corrected chi connectivity index (χ2v) is 9.46. The van der Waals surface area contributed by atoms with Crippen molar-refractivity contribution in [2.75, 3.05) is 13.2 Å². The fourth-order valence-corrected chi connectivity index (χ4v) is 4.08. The zero-order chi connectivity index (χ0) is 31.8. The van der Waals surface area contributed by atoms with Gasteiger partial charge in [-0.3, -0.25) is 14.4 Å². The monoisotopic (exact) mass is 600 g/mol. The summed E-state index contributed by atoms with van der Waals surface area (Å²) in [6, 6.07) is -3.41. The molecule has 0 aromatic rings. The minimum absolute atomic E-state index is 0.745. The normalized spacial score (nSPS) is 27.8. The third-order valence-electron chi connectivity index (χ3n) is 6.20. The number of carbonyl (C=O) groups is 5. The van der Waals surface area contributed by atoms with Gasteiger partial charge in [-0.25, -0.2) is 9.59 Å². The van der Waals surface area contributed by atoms with Crippen molar-refractivity contribution in [1.82, 2.24) is 10.6 Å². The summed E-state index contributed by atoms with van der Waals surface area (Å²) in [7, 11) is 0. The van der Waals surface area contributed by atoms with Crippen LogP contribution in [0.4, 0.5) is 0 Å². The molecule has 236 valence electrons. The van der Waals surface area contributed by atoms with Gasteiger partial charge in [0.15, 0.2) is 0 Å². The highest BCUT2D eigenvalue weighted by Crippen LogP contribution is 2.34. The molecular formula is C22H36N2O17. The molecule has 1 unspecified atom stereocenters. The third-order valence-corrected chi connectivity index (χ3v) is 6.20. The van der Waals surface area contributed by atoms with Gasteiger partial charge in [0.2, 0.25) is 17.6 Å². The zero-order valence-electron chi connectivity index (χ0n) is 21.9. The van der Waals surface area contributed by atoms with Gasteiger partial charge in [0, 0.05) is 26.7 Å². The highest BCUT2D eigenvalue weighted by Gasteiger charge is 2.56. The number of aliphatic carboxylic acids is 2. The number of hydrogen-bond donors (Lipinski definition) is 12. The van der Waals surface area contributed by atoms with E-state index in [-0.39, 0.29) is 0 Å². The summed E-state index contributed by atoms with van der Waals surface area (Å²) < 4.78 is 10.5. The van der Waals surface area contributed by atoms with Crippen LogP contribution in [0, 0.1) is 0 Å². The van der Waals surface area contributed by atoms with Crippen molar-refractivity contribution in [1.29, 1.82) is 0 Å². The number of carboxylic acid groups (broad SMARTS) is 2. The molecule has 0 aromatic heterocycles. The summed E-state index contributed by atoms with van der Waals surface area (Å²) in [5.74, 6) is -9.91. The molecule has 0 aliphatic carbocycles. The fraction of sp³-hybridized carbons (Fsp3) is 0.773. The number of aliphatic hydroxyl groups excluding tert-OH is 8. The summed E-state index contributed by atoms with van der Waals surface area (Å²) in [6.07, 6.45) is -18.7. The number of ketones is 1. The molecule has 19 nitrogen and oxygen atoms in total. The first-order valence-electron chi connectivity index (χ1n) is 12.1. The minimum atomic E-state index is -2.90. The number of carbonyl (C=O) groups excluding carboxylic acids is 3. The van der Waals surface area contributed by atoms with E-state index in [9.17, 15) is 69.9 Å². The molecular weight excluding hydrogens is 564 g/mol. The molecule has 1 saturated heterocycles. The Morgan fingerprint density at radius 1 is 0.927 bits per heavy atom. The summed E-state index contributed by atoms with van der Waals surface area (Å²) in [6.45, 7) is -0.274. The lowest BCUT2D eigenvalue weighted by Gasteiger charge is -2.46. The third kappa shape index (κ3) is 9.60. The number of hydrogen-bond acceptors (Lipinski definition) is 15. The van der Waals surface area contributed by atoms with Crippen LogP contribution in [0.3, 0.4) is 0 Å². The Labute approximate surface area is 231 Å². The highest BCUT2D eigenvalue weighted by molar-refractivity contribution is 6.32. The molecule has 1 aliphatic rings. The first-order valence-corrected chi connectivity index (χ1v) is 12.1.